The second-order valence-corrected chi connectivity index (χ2v) is 5.91. The maximum absolute atomic E-state index is 12.8. The molecule has 0 aliphatic carbocycles. The van der Waals surface area contributed by atoms with Crippen LogP contribution >= 0.6 is 0 Å². The molecule has 0 saturated carbocycles. The highest BCUT2D eigenvalue weighted by molar-refractivity contribution is 6.03. The van der Waals surface area contributed by atoms with Gasteiger partial charge in [0.2, 0.25) is 5.78 Å². The lowest BCUT2D eigenvalue weighted by Crippen LogP contribution is -2.12. The zero-order chi connectivity index (χ0) is 16.8. The molecule has 0 bridgehead atoms. The van der Waals surface area contributed by atoms with E-state index in [1.54, 1.807) is 6.07 Å². The standard InChI is InChI=1S/C20H16O4/c1-11-13-7-3-5-9-15(13)23-19(11)17(21)18(22)20-12(2)14-8-4-6-10-16(14)24-20/h3-10,17,21H,1-2H3. The van der Waals surface area contributed by atoms with Crippen molar-refractivity contribution in [3.05, 3.63) is 71.2 Å². The van der Waals surface area contributed by atoms with Crippen molar-refractivity contribution in [3.8, 4) is 0 Å². The predicted octanol–water partition coefficient (Wildman–Crippen LogP) is 4.71. The highest BCUT2D eigenvalue weighted by atomic mass is 16.4. The zero-order valence-electron chi connectivity index (χ0n) is 13.4. The highest BCUT2D eigenvalue weighted by Crippen LogP contribution is 2.33. The second kappa shape index (κ2) is 5.35. The molecule has 2 aromatic carbocycles. The summed E-state index contributed by atoms with van der Waals surface area (Å²) in [7, 11) is 0. The number of para-hydroxylation sites is 2. The van der Waals surface area contributed by atoms with Crippen LogP contribution in [0.25, 0.3) is 21.9 Å². The fraction of sp³-hybridized carbons (Fsp3) is 0.150. The molecule has 4 aromatic rings. The minimum absolute atomic E-state index is 0.170. The Bertz CT molecular complexity index is 1070. The third-order valence-electron chi connectivity index (χ3n) is 4.44. The number of aryl methyl sites for hydroxylation is 2. The van der Waals surface area contributed by atoms with Crippen molar-refractivity contribution in [1.29, 1.82) is 0 Å². The van der Waals surface area contributed by atoms with Gasteiger partial charge in [0.05, 0.1) is 0 Å². The Hall–Kier alpha value is -2.85. The molecule has 4 heteroatoms. The normalized spacial score (nSPS) is 12.8. The van der Waals surface area contributed by atoms with Gasteiger partial charge in [-0.05, 0) is 26.0 Å². The van der Waals surface area contributed by atoms with E-state index in [-0.39, 0.29) is 11.5 Å². The smallest absolute Gasteiger partial charge is 0.234 e. The van der Waals surface area contributed by atoms with E-state index in [4.69, 9.17) is 8.83 Å². The lowest BCUT2D eigenvalue weighted by Gasteiger charge is -2.06. The molecule has 0 fully saturated rings. The topological polar surface area (TPSA) is 63.6 Å². The van der Waals surface area contributed by atoms with Crippen molar-refractivity contribution < 1.29 is 18.7 Å². The number of carbonyl (C=O) groups excluding carboxylic acids is 1. The van der Waals surface area contributed by atoms with Crippen molar-refractivity contribution in [2.45, 2.75) is 20.0 Å². The van der Waals surface area contributed by atoms with Crippen LogP contribution in [0.3, 0.4) is 0 Å². The number of aliphatic hydroxyl groups is 1. The van der Waals surface area contributed by atoms with Gasteiger partial charge in [0.15, 0.2) is 11.9 Å². The van der Waals surface area contributed by atoms with Gasteiger partial charge in [0, 0.05) is 21.9 Å². The van der Waals surface area contributed by atoms with E-state index in [0.29, 0.717) is 11.2 Å². The molecule has 0 amide bonds. The van der Waals surface area contributed by atoms with Crippen LogP contribution in [0.15, 0.2) is 57.4 Å². The first-order valence-corrected chi connectivity index (χ1v) is 7.76. The molecule has 1 N–H and O–H groups in total. The number of rotatable bonds is 3. The highest BCUT2D eigenvalue weighted by Gasteiger charge is 2.29. The van der Waals surface area contributed by atoms with E-state index in [1.807, 2.05) is 56.3 Å². The summed E-state index contributed by atoms with van der Waals surface area (Å²) < 4.78 is 11.4. The van der Waals surface area contributed by atoms with Crippen LogP contribution in [0, 0.1) is 13.8 Å². The molecule has 2 aromatic heterocycles. The van der Waals surface area contributed by atoms with E-state index in [1.165, 1.54) is 0 Å². The van der Waals surface area contributed by atoms with E-state index < -0.39 is 11.9 Å². The number of benzene rings is 2. The van der Waals surface area contributed by atoms with E-state index >= 15 is 0 Å². The predicted molar refractivity (Wildman–Crippen MR) is 91.2 cm³/mol. The molecule has 24 heavy (non-hydrogen) atoms. The molecule has 4 nitrogen and oxygen atoms in total. The second-order valence-electron chi connectivity index (χ2n) is 5.91. The molecule has 1 atom stereocenters. The molecule has 0 aliphatic heterocycles. The number of hydrogen-bond donors (Lipinski definition) is 1. The van der Waals surface area contributed by atoms with Gasteiger partial charge in [0.1, 0.15) is 16.9 Å². The third-order valence-corrected chi connectivity index (χ3v) is 4.44. The summed E-state index contributed by atoms with van der Waals surface area (Å²) in [6.45, 7) is 3.65. The number of hydrogen-bond acceptors (Lipinski definition) is 4. The van der Waals surface area contributed by atoms with Crippen LogP contribution < -0.4 is 0 Å². The van der Waals surface area contributed by atoms with Crippen LogP contribution in [-0.2, 0) is 0 Å². The van der Waals surface area contributed by atoms with Gasteiger partial charge in [-0.1, -0.05) is 36.4 Å². The summed E-state index contributed by atoms with van der Waals surface area (Å²) in [5.41, 5.74) is 2.77. The van der Waals surface area contributed by atoms with Gasteiger partial charge >= 0.3 is 0 Å². The summed E-state index contributed by atoms with van der Waals surface area (Å²) in [5, 5.41) is 12.3. The summed E-state index contributed by atoms with van der Waals surface area (Å²) in [5.74, 6) is -0.0598. The van der Waals surface area contributed by atoms with Crippen molar-refractivity contribution in [1.82, 2.24) is 0 Å². The number of Topliss-reactive ketones (excluding diaryl/α,β-unsaturated/α-hetero) is 1. The third kappa shape index (κ3) is 2.07. The quantitative estimate of drug-likeness (QED) is 0.555. The Balaban J connectivity index is 1.80. The fourth-order valence-electron chi connectivity index (χ4n) is 3.11. The lowest BCUT2D eigenvalue weighted by molar-refractivity contribution is 0.0677. The number of ketones is 1. The molecular weight excluding hydrogens is 304 g/mol. The van der Waals surface area contributed by atoms with Crippen LogP contribution in [0.4, 0.5) is 0 Å². The van der Waals surface area contributed by atoms with Crippen molar-refractivity contribution in [2.75, 3.05) is 0 Å². The van der Waals surface area contributed by atoms with Gasteiger partial charge in [-0.25, -0.2) is 0 Å². The monoisotopic (exact) mass is 320 g/mol. The Kier molecular flexibility index (Phi) is 3.28. The maximum Gasteiger partial charge on any atom is 0.234 e. The Morgan fingerprint density at radius 1 is 0.875 bits per heavy atom. The fourth-order valence-corrected chi connectivity index (χ4v) is 3.11. The lowest BCUT2D eigenvalue weighted by atomic mass is 10.0. The Morgan fingerprint density at radius 3 is 2.00 bits per heavy atom. The minimum Gasteiger partial charge on any atom is -0.458 e. The molecule has 120 valence electrons. The summed E-state index contributed by atoms with van der Waals surface area (Å²) in [6, 6.07) is 14.9. The summed E-state index contributed by atoms with van der Waals surface area (Å²) in [6.07, 6.45) is -1.39. The SMILES string of the molecule is Cc1c(C(=O)C(O)c2oc3ccccc3c2C)oc2ccccc12. The van der Waals surface area contributed by atoms with Gasteiger partial charge in [-0.3, -0.25) is 4.79 Å². The summed E-state index contributed by atoms with van der Waals surface area (Å²) >= 11 is 0. The molecule has 1 unspecified atom stereocenters. The maximum atomic E-state index is 12.8. The molecule has 0 saturated heterocycles. The molecular formula is C20H16O4. The van der Waals surface area contributed by atoms with Crippen LogP contribution in [0.2, 0.25) is 0 Å². The zero-order valence-corrected chi connectivity index (χ0v) is 13.4. The van der Waals surface area contributed by atoms with E-state index in [9.17, 15) is 9.90 Å². The molecule has 0 aliphatic rings. The molecule has 0 radical (unpaired) electrons. The molecule has 2 heterocycles. The number of carbonyl (C=O) groups is 1. The average Bonchev–Trinajstić information content (AvgIpc) is 3.12. The van der Waals surface area contributed by atoms with Gasteiger partial charge in [0.25, 0.3) is 0 Å². The van der Waals surface area contributed by atoms with Crippen molar-refractivity contribution in [2.24, 2.45) is 0 Å². The van der Waals surface area contributed by atoms with Crippen molar-refractivity contribution in [3.63, 3.8) is 0 Å². The van der Waals surface area contributed by atoms with Gasteiger partial charge in [-0.2, -0.15) is 0 Å². The number of fused-ring (bicyclic) bond motifs is 2. The first kappa shape index (κ1) is 14.7. The summed E-state index contributed by atoms with van der Waals surface area (Å²) in [4.78, 5) is 12.8. The molecule has 0 spiro atoms. The number of furan rings is 2. The molecule has 4 rings (SSSR count). The van der Waals surface area contributed by atoms with Gasteiger partial charge < -0.3 is 13.9 Å². The van der Waals surface area contributed by atoms with Crippen LogP contribution in [-0.4, -0.2) is 10.9 Å². The van der Waals surface area contributed by atoms with E-state index in [0.717, 1.165) is 21.9 Å². The first-order valence-electron chi connectivity index (χ1n) is 7.76. The number of aliphatic hydroxyl groups excluding tert-OH is 1. The largest absolute Gasteiger partial charge is 0.458 e. The van der Waals surface area contributed by atoms with Gasteiger partial charge in [-0.15, -0.1) is 0 Å². The minimum atomic E-state index is -1.39. The average molecular weight is 320 g/mol. The van der Waals surface area contributed by atoms with Crippen LogP contribution in [0.1, 0.15) is 33.5 Å². The first-order chi connectivity index (χ1) is 11.6. The Labute approximate surface area is 138 Å². The van der Waals surface area contributed by atoms with Crippen LogP contribution in [0.5, 0.6) is 0 Å². The van der Waals surface area contributed by atoms with Crippen molar-refractivity contribution >= 4 is 27.7 Å². The Morgan fingerprint density at radius 2 is 1.42 bits per heavy atom. The van der Waals surface area contributed by atoms with E-state index in [2.05, 4.69) is 0 Å².